The number of hydrogen-bond acceptors (Lipinski definition) is 2. The van der Waals surface area contributed by atoms with Crippen molar-refractivity contribution < 1.29 is 14.7 Å². The fraction of sp³-hybridized carbons (Fsp3) is 0.467. The van der Waals surface area contributed by atoms with Gasteiger partial charge in [0.15, 0.2) is 0 Å². The standard InChI is InChI=1S/C15H22N2O3/c1-12-6-3-4-7-13(12)9-11-17(2)15(20)16-10-5-8-14(18)19/h3-4,6-7H,5,8-11H2,1-2H3,(H,16,20)(H,18,19). The number of hydrogen-bond donors (Lipinski definition) is 2. The van der Waals surface area contributed by atoms with Crippen LogP contribution in [0, 0.1) is 6.92 Å². The molecule has 0 radical (unpaired) electrons. The van der Waals surface area contributed by atoms with Crippen molar-refractivity contribution in [1.29, 1.82) is 0 Å². The van der Waals surface area contributed by atoms with E-state index in [4.69, 9.17) is 5.11 Å². The first-order valence-corrected chi connectivity index (χ1v) is 6.76. The molecular formula is C15H22N2O3. The number of carbonyl (C=O) groups excluding carboxylic acids is 1. The lowest BCUT2D eigenvalue weighted by Crippen LogP contribution is -2.38. The minimum absolute atomic E-state index is 0.0766. The molecule has 0 saturated heterocycles. The molecule has 0 aromatic heterocycles. The van der Waals surface area contributed by atoms with E-state index >= 15 is 0 Å². The number of carbonyl (C=O) groups is 2. The molecule has 0 aliphatic heterocycles. The molecule has 0 atom stereocenters. The van der Waals surface area contributed by atoms with Crippen molar-refractivity contribution in [2.24, 2.45) is 0 Å². The van der Waals surface area contributed by atoms with Gasteiger partial charge < -0.3 is 15.3 Å². The fourth-order valence-electron chi connectivity index (χ4n) is 1.85. The zero-order valence-corrected chi connectivity index (χ0v) is 12.1. The fourth-order valence-corrected chi connectivity index (χ4v) is 1.85. The molecule has 1 aromatic carbocycles. The van der Waals surface area contributed by atoms with Gasteiger partial charge in [-0.25, -0.2) is 4.79 Å². The summed E-state index contributed by atoms with van der Waals surface area (Å²) < 4.78 is 0. The molecule has 5 heteroatoms. The number of benzene rings is 1. The van der Waals surface area contributed by atoms with Crippen LogP contribution in [-0.4, -0.2) is 42.1 Å². The van der Waals surface area contributed by atoms with Crippen molar-refractivity contribution in [3.8, 4) is 0 Å². The van der Waals surface area contributed by atoms with Gasteiger partial charge in [-0.1, -0.05) is 24.3 Å². The van der Waals surface area contributed by atoms with Gasteiger partial charge in [0.25, 0.3) is 0 Å². The van der Waals surface area contributed by atoms with Gasteiger partial charge in [-0.2, -0.15) is 0 Å². The van der Waals surface area contributed by atoms with E-state index in [-0.39, 0.29) is 12.5 Å². The number of aryl methyl sites for hydroxylation is 1. The lowest BCUT2D eigenvalue weighted by Gasteiger charge is -2.18. The van der Waals surface area contributed by atoms with Crippen molar-refractivity contribution in [3.05, 3.63) is 35.4 Å². The Morgan fingerprint density at radius 2 is 2.00 bits per heavy atom. The Morgan fingerprint density at radius 1 is 1.30 bits per heavy atom. The minimum atomic E-state index is -0.841. The number of nitrogens with zero attached hydrogens (tertiary/aromatic N) is 1. The van der Waals surface area contributed by atoms with Crippen LogP contribution in [0.3, 0.4) is 0 Å². The van der Waals surface area contributed by atoms with Gasteiger partial charge in [0.1, 0.15) is 0 Å². The molecule has 2 N–H and O–H groups in total. The van der Waals surface area contributed by atoms with Crippen LogP contribution in [0.5, 0.6) is 0 Å². The van der Waals surface area contributed by atoms with Crippen LogP contribution in [0.1, 0.15) is 24.0 Å². The van der Waals surface area contributed by atoms with Crippen molar-refractivity contribution in [2.75, 3.05) is 20.1 Å². The molecule has 2 amide bonds. The normalized spacial score (nSPS) is 10.1. The maximum absolute atomic E-state index is 11.8. The molecule has 0 aliphatic carbocycles. The topological polar surface area (TPSA) is 69.6 Å². The number of likely N-dealkylation sites (N-methyl/N-ethyl adjacent to an activating group) is 1. The number of rotatable bonds is 7. The first-order chi connectivity index (χ1) is 9.50. The Kier molecular flexibility index (Phi) is 6.56. The Morgan fingerprint density at radius 3 is 2.65 bits per heavy atom. The molecule has 0 heterocycles. The summed E-state index contributed by atoms with van der Waals surface area (Å²) in [5, 5.41) is 11.2. The Balaban J connectivity index is 2.28. The summed E-state index contributed by atoms with van der Waals surface area (Å²) in [6, 6.07) is 7.95. The highest BCUT2D eigenvalue weighted by Crippen LogP contribution is 2.08. The zero-order valence-electron chi connectivity index (χ0n) is 12.1. The average molecular weight is 278 g/mol. The maximum Gasteiger partial charge on any atom is 0.317 e. The number of carboxylic acid groups (broad SMARTS) is 1. The maximum atomic E-state index is 11.8. The summed E-state index contributed by atoms with van der Waals surface area (Å²) in [6.07, 6.45) is 1.34. The average Bonchev–Trinajstić information content (AvgIpc) is 2.42. The molecule has 1 rings (SSSR count). The minimum Gasteiger partial charge on any atom is -0.481 e. The highest BCUT2D eigenvalue weighted by atomic mass is 16.4. The van der Waals surface area contributed by atoms with Crippen LogP contribution in [0.4, 0.5) is 4.79 Å². The third-order valence-electron chi connectivity index (χ3n) is 3.17. The van der Waals surface area contributed by atoms with Gasteiger partial charge in [-0.3, -0.25) is 4.79 Å². The molecule has 0 bridgehead atoms. The van der Waals surface area contributed by atoms with Gasteiger partial charge in [0, 0.05) is 26.6 Å². The SMILES string of the molecule is Cc1ccccc1CCN(C)C(=O)NCCCC(=O)O. The largest absolute Gasteiger partial charge is 0.481 e. The predicted molar refractivity (Wildman–Crippen MR) is 77.8 cm³/mol. The summed E-state index contributed by atoms with van der Waals surface area (Å²) in [7, 11) is 1.74. The summed E-state index contributed by atoms with van der Waals surface area (Å²) in [5.74, 6) is -0.841. The number of amides is 2. The van der Waals surface area contributed by atoms with Crippen LogP contribution in [0.15, 0.2) is 24.3 Å². The Bertz CT molecular complexity index is 460. The number of urea groups is 1. The van der Waals surface area contributed by atoms with Crippen LogP contribution < -0.4 is 5.32 Å². The van der Waals surface area contributed by atoms with E-state index in [1.807, 2.05) is 12.1 Å². The van der Waals surface area contributed by atoms with Crippen molar-refractivity contribution in [2.45, 2.75) is 26.2 Å². The molecule has 0 aliphatic rings. The molecule has 1 aromatic rings. The monoisotopic (exact) mass is 278 g/mol. The highest BCUT2D eigenvalue weighted by molar-refractivity contribution is 5.74. The van der Waals surface area contributed by atoms with Crippen molar-refractivity contribution in [1.82, 2.24) is 10.2 Å². The molecular weight excluding hydrogens is 256 g/mol. The summed E-state index contributed by atoms with van der Waals surface area (Å²) in [5.41, 5.74) is 2.46. The number of nitrogens with one attached hydrogen (secondary N) is 1. The highest BCUT2D eigenvalue weighted by Gasteiger charge is 2.08. The second-order valence-electron chi connectivity index (χ2n) is 4.83. The van der Waals surface area contributed by atoms with Crippen LogP contribution >= 0.6 is 0 Å². The molecule has 5 nitrogen and oxygen atoms in total. The van der Waals surface area contributed by atoms with E-state index in [1.165, 1.54) is 11.1 Å². The summed E-state index contributed by atoms with van der Waals surface area (Å²) in [6.45, 7) is 3.08. The second kappa shape index (κ2) is 8.19. The van der Waals surface area contributed by atoms with E-state index < -0.39 is 5.97 Å². The van der Waals surface area contributed by atoms with E-state index in [1.54, 1.807) is 11.9 Å². The number of aliphatic carboxylic acids is 1. The van der Waals surface area contributed by atoms with Gasteiger partial charge >= 0.3 is 12.0 Å². The van der Waals surface area contributed by atoms with Gasteiger partial charge in [0.2, 0.25) is 0 Å². The first kappa shape index (κ1) is 16.0. The third-order valence-corrected chi connectivity index (χ3v) is 3.17. The van der Waals surface area contributed by atoms with E-state index in [2.05, 4.69) is 24.4 Å². The smallest absolute Gasteiger partial charge is 0.317 e. The van der Waals surface area contributed by atoms with Gasteiger partial charge in [-0.15, -0.1) is 0 Å². The van der Waals surface area contributed by atoms with Crippen LogP contribution in [0.2, 0.25) is 0 Å². The van der Waals surface area contributed by atoms with Crippen LogP contribution in [0.25, 0.3) is 0 Å². The predicted octanol–water partition coefficient (Wildman–Crippen LogP) is 2.04. The third kappa shape index (κ3) is 5.73. The van der Waals surface area contributed by atoms with E-state index in [9.17, 15) is 9.59 Å². The molecule has 0 unspecified atom stereocenters. The lowest BCUT2D eigenvalue weighted by molar-refractivity contribution is -0.137. The van der Waals surface area contributed by atoms with Gasteiger partial charge in [0.05, 0.1) is 0 Å². The van der Waals surface area contributed by atoms with E-state index in [0.717, 1.165) is 6.42 Å². The lowest BCUT2D eigenvalue weighted by atomic mass is 10.1. The summed E-state index contributed by atoms with van der Waals surface area (Å²) in [4.78, 5) is 23.7. The van der Waals surface area contributed by atoms with Crippen LogP contribution in [-0.2, 0) is 11.2 Å². The van der Waals surface area contributed by atoms with Crippen molar-refractivity contribution in [3.63, 3.8) is 0 Å². The molecule has 0 saturated carbocycles. The molecule has 0 spiro atoms. The summed E-state index contributed by atoms with van der Waals surface area (Å²) >= 11 is 0. The molecule has 0 fully saturated rings. The van der Waals surface area contributed by atoms with Crippen molar-refractivity contribution >= 4 is 12.0 Å². The molecule has 110 valence electrons. The first-order valence-electron chi connectivity index (χ1n) is 6.76. The Hall–Kier alpha value is -2.04. The zero-order chi connectivity index (χ0) is 15.0. The molecule has 20 heavy (non-hydrogen) atoms. The number of carboxylic acids is 1. The second-order valence-corrected chi connectivity index (χ2v) is 4.83. The van der Waals surface area contributed by atoms with E-state index in [0.29, 0.717) is 19.5 Å². The van der Waals surface area contributed by atoms with Gasteiger partial charge in [-0.05, 0) is 30.9 Å². The quantitative estimate of drug-likeness (QED) is 0.750. The Labute approximate surface area is 119 Å².